The molecule has 3 rings (SSSR count). The zero-order valence-electron chi connectivity index (χ0n) is 33.5. The number of unbranched alkanes of at least 4 members (excludes halogenated alkanes) is 12. The molecule has 0 aliphatic rings. The Hall–Kier alpha value is -1.42. The maximum atomic E-state index is 14.2. The second-order valence-electron chi connectivity index (χ2n) is 16.4. The van der Waals surface area contributed by atoms with Crippen molar-refractivity contribution in [1.29, 1.82) is 0 Å². The second-order valence-corrected chi connectivity index (χ2v) is 18.5. The summed E-state index contributed by atoms with van der Waals surface area (Å²) in [6.45, 7) is 19.4. The van der Waals surface area contributed by atoms with Gasteiger partial charge in [-0.1, -0.05) is 90.9 Å². The van der Waals surface area contributed by atoms with Gasteiger partial charge in [-0.3, -0.25) is 0 Å². The standard InChI is InChI=1S/C41H66B2O6S2/c1-11-13-15-17-18-19-20-21-22-24-26-47-37(44)34-29(25-23-16-14-12-2)30-27-32(42-48-40(7,8)38(3,4)45)50-35(30)36-31(34)28-33(51-36)43-49-41(9,10)39(5,6)46/h27-28,45-46H,11-26H2,1-10H3. The van der Waals surface area contributed by atoms with E-state index in [9.17, 15) is 15.0 Å². The van der Waals surface area contributed by atoms with E-state index in [1.54, 1.807) is 65.3 Å². The van der Waals surface area contributed by atoms with E-state index in [1.807, 2.05) is 33.8 Å². The van der Waals surface area contributed by atoms with Crippen molar-refractivity contribution >= 4 is 73.3 Å². The quantitative estimate of drug-likeness (QED) is 0.0511. The van der Waals surface area contributed by atoms with Gasteiger partial charge in [-0.25, -0.2) is 4.79 Å². The molecule has 284 valence electrons. The van der Waals surface area contributed by atoms with Crippen LogP contribution in [-0.4, -0.2) is 60.2 Å². The first-order valence-corrected chi connectivity index (χ1v) is 21.2. The smallest absolute Gasteiger partial charge is 0.341 e. The fourth-order valence-corrected chi connectivity index (χ4v) is 7.96. The summed E-state index contributed by atoms with van der Waals surface area (Å²) in [5, 5.41) is 23.3. The van der Waals surface area contributed by atoms with Crippen molar-refractivity contribution in [3.05, 3.63) is 23.3 Å². The van der Waals surface area contributed by atoms with Gasteiger partial charge in [-0.15, -0.1) is 22.7 Å². The average molecular weight is 741 g/mol. The Labute approximate surface area is 319 Å². The average Bonchev–Trinajstić information content (AvgIpc) is 3.67. The van der Waals surface area contributed by atoms with E-state index in [0.29, 0.717) is 12.2 Å². The molecule has 0 unspecified atom stereocenters. The Morgan fingerprint density at radius 1 is 0.627 bits per heavy atom. The number of aryl methyl sites for hydroxylation is 1. The predicted molar refractivity (Wildman–Crippen MR) is 221 cm³/mol. The molecular weight excluding hydrogens is 674 g/mol. The lowest BCUT2D eigenvalue weighted by Crippen LogP contribution is -2.49. The molecule has 0 aliphatic carbocycles. The SMILES string of the molecule is CCCCCCCCCCCCOC(=O)c1c(CCCCCC)c2cc([B]OC(C)(C)C(C)(C)O)sc2c2sc([B]OC(C)(C)C(C)(C)O)cc12. The maximum absolute atomic E-state index is 14.2. The summed E-state index contributed by atoms with van der Waals surface area (Å²) in [7, 11) is 3.46. The lowest BCUT2D eigenvalue weighted by molar-refractivity contribution is -0.0892. The third-order valence-corrected chi connectivity index (χ3v) is 13.0. The second kappa shape index (κ2) is 19.8. The Kier molecular flexibility index (Phi) is 17.1. The van der Waals surface area contributed by atoms with Crippen LogP contribution in [0.15, 0.2) is 12.1 Å². The zero-order valence-corrected chi connectivity index (χ0v) is 35.1. The number of aliphatic hydroxyl groups is 2. The number of carbonyl (C=O) groups excluding carboxylic acids is 1. The van der Waals surface area contributed by atoms with Crippen molar-refractivity contribution in [2.45, 2.75) is 188 Å². The van der Waals surface area contributed by atoms with Crippen molar-refractivity contribution < 1.29 is 29.1 Å². The van der Waals surface area contributed by atoms with E-state index in [4.69, 9.17) is 14.0 Å². The van der Waals surface area contributed by atoms with Crippen LogP contribution in [-0.2, 0) is 20.5 Å². The molecule has 2 aromatic heterocycles. The van der Waals surface area contributed by atoms with Crippen molar-refractivity contribution in [3.8, 4) is 0 Å². The number of hydrogen-bond donors (Lipinski definition) is 2. The van der Waals surface area contributed by atoms with Gasteiger partial charge >= 0.3 is 20.9 Å². The third-order valence-electron chi connectivity index (χ3n) is 10.7. The molecule has 0 fully saturated rings. The van der Waals surface area contributed by atoms with Crippen LogP contribution >= 0.6 is 22.7 Å². The summed E-state index contributed by atoms with van der Waals surface area (Å²) in [6.07, 6.45) is 17.4. The molecule has 0 saturated carbocycles. The molecule has 0 atom stereocenters. The predicted octanol–water partition coefficient (Wildman–Crippen LogP) is 9.94. The van der Waals surface area contributed by atoms with E-state index >= 15 is 0 Å². The summed E-state index contributed by atoms with van der Waals surface area (Å²) in [5.41, 5.74) is -2.05. The fourth-order valence-electron chi connectivity index (χ4n) is 5.73. The number of rotatable bonds is 25. The van der Waals surface area contributed by atoms with Gasteiger partial charge in [0.2, 0.25) is 0 Å². The van der Waals surface area contributed by atoms with Crippen LogP contribution in [0.2, 0.25) is 0 Å². The van der Waals surface area contributed by atoms with Crippen molar-refractivity contribution in [2.24, 2.45) is 0 Å². The minimum absolute atomic E-state index is 0.262. The van der Waals surface area contributed by atoms with Crippen LogP contribution in [0.3, 0.4) is 0 Å². The molecule has 2 N–H and O–H groups in total. The van der Waals surface area contributed by atoms with E-state index in [2.05, 4.69) is 19.9 Å². The molecule has 2 radical (unpaired) electrons. The van der Waals surface area contributed by atoms with E-state index in [-0.39, 0.29) is 5.97 Å². The Morgan fingerprint density at radius 3 is 1.51 bits per heavy atom. The molecule has 6 nitrogen and oxygen atoms in total. The lowest BCUT2D eigenvalue weighted by atomic mass is 9.85. The highest BCUT2D eigenvalue weighted by molar-refractivity contribution is 7.34. The van der Waals surface area contributed by atoms with Crippen molar-refractivity contribution in [3.63, 3.8) is 0 Å². The third kappa shape index (κ3) is 12.6. The van der Waals surface area contributed by atoms with Crippen LogP contribution in [0, 0.1) is 0 Å². The molecule has 0 saturated heterocycles. The number of thiophene rings is 2. The highest BCUT2D eigenvalue weighted by Gasteiger charge is 2.37. The minimum Gasteiger partial charge on any atom is -0.462 e. The molecule has 0 spiro atoms. The largest absolute Gasteiger partial charge is 0.462 e. The van der Waals surface area contributed by atoms with Crippen LogP contribution in [0.5, 0.6) is 0 Å². The van der Waals surface area contributed by atoms with Crippen LogP contribution < -0.4 is 9.55 Å². The van der Waals surface area contributed by atoms with Gasteiger partial charge in [0, 0.05) is 14.9 Å². The molecule has 0 amide bonds. The summed E-state index contributed by atoms with van der Waals surface area (Å²) in [4.78, 5) is 14.2. The summed E-state index contributed by atoms with van der Waals surface area (Å²) in [6, 6.07) is 4.18. The monoisotopic (exact) mass is 740 g/mol. The topological polar surface area (TPSA) is 85.2 Å². The number of carbonyl (C=O) groups is 1. The number of benzene rings is 1. The molecule has 2 heterocycles. The normalized spacial score (nSPS) is 13.0. The molecule has 1 aromatic carbocycles. The summed E-state index contributed by atoms with van der Waals surface area (Å²) >= 11 is 3.22. The number of esters is 1. The minimum atomic E-state index is -1.06. The molecule has 0 aliphatic heterocycles. The molecule has 51 heavy (non-hydrogen) atoms. The number of ether oxygens (including phenoxy) is 1. The van der Waals surface area contributed by atoms with Crippen LogP contribution in [0.25, 0.3) is 20.2 Å². The first-order chi connectivity index (χ1) is 23.9. The number of fused-ring (bicyclic) bond motifs is 3. The molecule has 0 bridgehead atoms. The highest BCUT2D eigenvalue weighted by atomic mass is 32.1. The summed E-state index contributed by atoms with van der Waals surface area (Å²) in [5.74, 6) is -0.262. The van der Waals surface area contributed by atoms with E-state index in [1.165, 1.54) is 51.4 Å². The zero-order chi connectivity index (χ0) is 37.9. The molecule has 10 heteroatoms. The summed E-state index contributed by atoms with van der Waals surface area (Å²) < 4.78 is 22.3. The highest BCUT2D eigenvalue weighted by Crippen LogP contribution is 2.39. The van der Waals surface area contributed by atoms with Gasteiger partial charge < -0.3 is 24.3 Å². The lowest BCUT2D eigenvalue weighted by Gasteiger charge is -2.37. The van der Waals surface area contributed by atoms with Gasteiger partial charge in [0.1, 0.15) is 0 Å². The van der Waals surface area contributed by atoms with Gasteiger partial charge in [-0.2, -0.15) is 0 Å². The maximum Gasteiger partial charge on any atom is 0.341 e. The number of hydrogen-bond acceptors (Lipinski definition) is 8. The van der Waals surface area contributed by atoms with Gasteiger partial charge in [-0.05, 0) is 97.7 Å². The fraction of sp³-hybridized carbons (Fsp3) is 0.732. The van der Waals surface area contributed by atoms with E-state index < -0.39 is 22.4 Å². The van der Waals surface area contributed by atoms with Crippen LogP contribution in [0.1, 0.15) is 175 Å². The Morgan fingerprint density at radius 2 is 1.04 bits per heavy atom. The van der Waals surface area contributed by atoms with Crippen molar-refractivity contribution in [2.75, 3.05) is 6.61 Å². The Balaban J connectivity index is 1.95. The molecular formula is C41H66B2O6S2. The van der Waals surface area contributed by atoms with E-state index in [0.717, 1.165) is 80.2 Å². The van der Waals surface area contributed by atoms with Gasteiger partial charge in [0.05, 0.1) is 44.0 Å². The Bertz CT molecular complexity index is 1510. The van der Waals surface area contributed by atoms with Gasteiger partial charge in [0.15, 0.2) is 0 Å². The van der Waals surface area contributed by atoms with Crippen LogP contribution in [0.4, 0.5) is 0 Å². The first-order valence-electron chi connectivity index (χ1n) is 19.6. The molecule has 3 aromatic rings. The first kappa shape index (κ1) is 44.0. The van der Waals surface area contributed by atoms with Crippen molar-refractivity contribution in [1.82, 2.24) is 0 Å². The van der Waals surface area contributed by atoms with Gasteiger partial charge in [0.25, 0.3) is 0 Å².